The van der Waals surface area contributed by atoms with Gasteiger partial charge in [0.2, 0.25) is 0 Å². The molecule has 1 aromatic heterocycles. The first-order chi connectivity index (χ1) is 10.0. The van der Waals surface area contributed by atoms with Gasteiger partial charge in [-0.2, -0.15) is 0 Å². The molecule has 0 aliphatic rings. The van der Waals surface area contributed by atoms with E-state index in [2.05, 4.69) is 4.98 Å². The largest absolute Gasteiger partial charge is 0.478 e. The number of aromatic carboxylic acids is 1. The number of nitrogens with zero attached hydrogens (tertiary/aromatic N) is 2. The molecule has 21 heavy (non-hydrogen) atoms. The van der Waals surface area contributed by atoms with Crippen molar-refractivity contribution >= 4 is 5.97 Å². The Kier molecular flexibility index (Phi) is 4.37. The van der Waals surface area contributed by atoms with Gasteiger partial charge in [-0.25, -0.2) is 9.78 Å². The molecule has 6 nitrogen and oxygen atoms in total. The summed E-state index contributed by atoms with van der Waals surface area (Å²) in [6, 6.07) is 4.73. The number of benzene rings is 1. The number of ether oxygens (including phenoxy) is 1. The third-order valence-electron chi connectivity index (χ3n) is 2.92. The van der Waals surface area contributed by atoms with Crippen molar-refractivity contribution < 1.29 is 14.6 Å². The van der Waals surface area contributed by atoms with Crippen LogP contribution in [0.1, 0.15) is 29.3 Å². The van der Waals surface area contributed by atoms with Crippen molar-refractivity contribution in [3.05, 3.63) is 52.1 Å². The molecule has 0 amide bonds. The molecule has 110 valence electrons. The molecule has 0 unspecified atom stereocenters. The van der Waals surface area contributed by atoms with Gasteiger partial charge in [-0.1, -0.05) is 18.6 Å². The lowest BCUT2D eigenvalue weighted by atomic mass is 10.1. The molecule has 0 aliphatic carbocycles. The molecular formula is C15H16N2O4. The Bertz CT molecular complexity index is 722. The smallest absolute Gasteiger partial charge is 0.339 e. The zero-order chi connectivity index (χ0) is 15.4. The van der Waals surface area contributed by atoms with E-state index in [9.17, 15) is 14.7 Å². The minimum absolute atomic E-state index is 0.00194. The first-order valence-corrected chi connectivity index (χ1v) is 6.60. The van der Waals surface area contributed by atoms with Crippen LogP contribution in [0.3, 0.4) is 0 Å². The van der Waals surface area contributed by atoms with Gasteiger partial charge in [0.1, 0.15) is 11.3 Å². The second kappa shape index (κ2) is 6.21. The van der Waals surface area contributed by atoms with Crippen LogP contribution in [0.4, 0.5) is 0 Å². The molecular weight excluding hydrogens is 272 g/mol. The summed E-state index contributed by atoms with van der Waals surface area (Å²) in [5.74, 6) is -1.14. The molecule has 1 heterocycles. The van der Waals surface area contributed by atoms with Crippen LogP contribution in [-0.2, 0) is 6.54 Å². The summed E-state index contributed by atoms with van der Waals surface area (Å²) in [6.45, 7) is 4.29. The number of aryl methyl sites for hydroxylation is 2. The number of hydrogen-bond acceptors (Lipinski definition) is 4. The summed E-state index contributed by atoms with van der Waals surface area (Å²) in [6.07, 6.45) is 3.83. The summed E-state index contributed by atoms with van der Waals surface area (Å²) in [5.41, 5.74) is 0.419. The highest BCUT2D eigenvalue weighted by molar-refractivity contribution is 5.91. The van der Waals surface area contributed by atoms with Crippen molar-refractivity contribution in [2.45, 2.75) is 26.8 Å². The quantitative estimate of drug-likeness (QED) is 0.914. The lowest BCUT2D eigenvalue weighted by Crippen LogP contribution is -2.21. The third kappa shape index (κ3) is 3.28. The summed E-state index contributed by atoms with van der Waals surface area (Å²) in [7, 11) is 0. The SMILES string of the molecule is CCCn1ccnc(Oc2ccc(C)cc2C(=O)O)c1=O. The predicted molar refractivity (Wildman–Crippen MR) is 77.0 cm³/mol. The van der Waals surface area contributed by atoms with Gasteiger partial charge in [0, 0.05) is 18.9 Å². The highest BCUT2D eigenvalue weighted by Crippen LogP contribution is 2.23. The van der Waals surface area contributed by atoms with Crippen molar-refractivity contribution in [3.63, 3.8) is 0 Å². The van der Waals surface area contributed by atoms with E-state index in [-0.39, 0.29) is 22.8 Å². The highest BCUT2D eigenvalue weighted by atomic mass is 16.5. The molecule has 0 spiro atoms. The van der Waals surface area contributed by atoms with Crippen LogP contribution in [0.25, 0.3) is 0 Å². The molecule has 1 aromatic carbocycles. The average molecular weight is 288 g/mol. The zero-order valence-corrected chi connectivity index (χ0v) is 11.9. The maximum atomic E-state index is 12.1. The zero-order valence-electron chi connectivity index (χ0n) is 11.9. The Balaban J connectivity index is 2.41. The molecule has 1 N–H and O–H groups in total. The van der Waals surface area contributed by atoms with Gasteiger partial charge in [-0.3, -0.25) is 4.79 Å². The van der Waals surface area contributed by atoms with Crippen LogP contribution in [0.15, 0.2) is 35.4 Å². The van der Waals surface area contributed by atoms with E-state index < -0.39 is 5.97 Å². The van der Waals surface area contributed by atoms with Gasteiger partial charge in [0.15, 0.2) is 0 Å². The van der Waals surface area contributed by atoms with E-state index in [0.717, 1.165) is 12.0 Å². The first-order valence-electron chi connectivity index (χ1n) is 6.60. The molecule has 0 fully saturated rings. The van der Waals surface area contributed by atoms with Gasteiger partial charge in [-0.15, -0.1) is 0 Å². The summed E-state index contributed by atoms with van der Waals surface area (Å²) in [5, 5.41) is 9.19. The number of hydrogen-bond donors (Lipinski definition) is 1. The van der Waals surface area contributed by atoms with Crippen LogP contribution >= 0.6 is 0 Å². The van der Waals surface area contributed by atoms with E-state index in [1.807, 2.05) is 6.92 Å². The lowest BCUT2D eigenvalue weighted by Gasteiger charge is -2.10. The Morgan fingerprint density at radius 3 is 2.86 bits per heavy atom. The van der Waals surface area contributed by atoms with Crippen LogP contribution in [0.5, 0.6) is 11.6 Å². The van der Waals surface area contributed by atoms with Gasteiger partial charge in [0.05, 0.1) is 0 Å². The van der Waals surface area contributed by atoms with Crippen LogP contribution < -0.4 is 10.3 Å². The molecule has 0 saturated heterocycles. The molecule has 0 saturated carbocycles. The van der Waals surface area contributed by atoms with Gasteiger partial charge >= 0.3 is 11.5 Å². The van der Waals surface area contributed by atoms with E-state index >= 15 is 0 Å². The number of carboxylic acid groups (broad SMARTS) is 1. The maximum absolute atomic E-state index is 12.1. The number of rotatable bonds is 5. The molecule has 2 aromatic rings. The lowest BCUT2D eigenvalue weighted by molar-refractivity contribution is 0.0694. The number of carbonyl (C=O) groups is 1. The number of aromatic nitrogens is 2. The van der Waals surface area contributed by atoms with Crippen molar-refractivity contribution in [3.8, 4) is 11.6 Å². The maximum Gasteiger partial charge on any atom is 0.339 e. The Morgan fingerprint density at radius 2 is 2.19 bits per heavy atom. The fourth-order valence-electron chi connectivity index (χ4n) is 1.92. The Labute approximate surface area is 121 Å². The third-order valence-corrected chi connectivity index (χ3v) is 2.92. The monoisotopic (exact) mass is 288 g/mol. The van der Waals surface area contributed by atoms with E-state index in [1.165, 1.54) is 22.9 Å². The summed E-state index contributed by atoms with van der Waals surface area (Å²) < 4.78 is 6.90. The molecule has 6 heteroatoms. The first kappa shape index (κ1) is 14.8. The van der Waals surface area contributed by atoms with Crippen LogP contribution in [0.2, 0.25) is 0 Å². The topological polar surface area (TPSA) is 81.4 Å². The van der Waals surface area contributed by atoms with Crippen molar-refractivity contribution in [1.82, 2.24) is 9.55 Å². The standard InChI is InChI=1S/C15H16N2O4/c1-3-7-17-8-6-16-13(14(17)18)21-12-5-4-10(2)9-11(12)15(19)20/h4-6,8-9H,3,7H2,1-2H3,(H,19,20). The second-order valence-corrected chi connectivity index (χ2v) is 4.64. The highest BCUT2D eigenvalue weighted by Gasteiger charge is 2.15. The molecule has 0 aliphatic heterocycles. The minimum Gasteiger partial charge on any atom is -0.478 e. The van der Waals surface area contributed by atoms with Gasteiger partial charge < -0.3 is 14.4 Å². The number of carboxylic acids is 1. The minimum atomic E-state index is -1.11. The van der Waals surface area contributed by atoms with Crippen LogP contribution in [-0.4, -0.2) is 20.6 Å². The van der Waals surface area contributed by atoms with Crippen LogP contribution in [0, 0.1) is 6.92 Å². The fraction of sp³-hybridized carbons (Fsp3) is 0.267. The normalized spacial score (nSPS) is 10.4. The van der Waals surface area contributed by atoms with E-state index in [1.54, 1.807) is 19.2 Å². The van der Waals surface area contributed by atoms with Gasteiger partial charge in [0.25, 0.3) is 5.88 Å². The van der Waals surface area contributed by atoms with Crippen molar-refractivity contribution in [1.29, 1.82) is 0 Å². The average Bonchev–Trinajstić information content (AvgIpc) is 2.45. The fourth-order valence-corrected chi connectivity index (χ4v) is 1.92. The Morgan fingerprint density at radius 1 is 1.43 bits per heavy atom. The van der Waals surface area contributed by atoms with E-state index in [0.29, 0.717) is 6.54 Å². The van der Waals surface area contributed by atoms with Crippen molar-refractivity contribution in [2.75, 3.05) is 0 Å². The molecule has 0 radical (unpaired) electrons. The molecule has 2 rings (SSSR count). The summed E-state index contributed by atoms with van der Waals surface area (Å²) >= 11 is 0. The van der Waals surface area contributed by atoms with E-state index in [4.69, 9.17) is 4.74 Å². The molecule has 0 atom stereocenters. The second-order valence-electron chi connectivity index (χ2n) is 4.64. The summed E-state index contributed by atoms with van der Waals surface area (Å²) in [4.78, 5) is 27.3. The molecule has 0 bridgehead atoms. The predicted octanol–water partition coefficient (Wildman–Crippen LogP) is 2.45. The van der Waals surface area contributed by atoms with Gasteiger partial charge in [-0.05, 0) is 25.5 Å². The Hall–Kier alpha value is -2.63. The van der Waals surface area contributed by atoms with Crippen molar-refractivity contribution in [2.24, 2.45) is 0 Å².